The Morgan fingerprint density at radius 1 is 1.67 bits per heavy atom. The van der Waals surface area contributed by atoms with Crippen molar-refractivity contribution in [1.82, 2.24) is 14.3 Å². The van der Waals surface area contributed by atoms with E-state index in [-0.39, 0.29) is 10.9 Å². The van der Waals surface area contributed by atoms with Crippen LogP contribution in [-0.2, 0) is 10.0 Å². The van der Waals surface area contributed by atoms with E-state index in [4.69, 9.17) is 11.6 Å². The topological polar surface area (TPSA) is 66.1 Å². The monoisotopic (exact) mass is 249 g/mol. The molecule has 1 saturated heterocycles. The molecule has 1 N–H and O–H groups in total. The van der Waals surface area contributed by atoms with Gasteiger partial charge in [-0.05, 0) is 12.3 Å². The average molecular weight is 250 g/mol. The highest BCUT2D eigenvalue weighted by Gasteiger charge is 2.32. The number of hydrogen-bond donors (Lipinski definition) is 1. The number of halogens is 1. The predicted molar refractivity (Wildman–Crippen MR) is 56.2 cm³/mol. The summed E-state index contributed by atoms with van der Waals surface area (Å²) in [6, 6.07) is 0. The summed E-state index contributed by atoms with van der Waals surface area (Å²) >= 11 is 5.71. The predicted octanol–water partition coefficient (Wildman–Crippen LogP) is 0.659. The van der Waals surface area contributed by atoms with Crippen LogP contribution in [-0.4, -0.2) is 41.7 Å². The van der Waals surface area contributed by atoms with Gasteiger partial charge in [0.05, 0.1) is 12.5 Å². The molecule has 0 aromatic carbocycles. The zero-order valence-corrected chi connectivity index (χ0v) is 9.63. The van der Waals surface area contributed by atoms with E-state index in [0.29, 0.717) is 19.0 Å². The maximum absolute atomic E-state index is 12.0. The fraction of sp³-hybridized carbons (Fsp3) is 0.625. The maximum Gasteiger partial charge on any atom is 0.260 e. The minimum atomic E-state index is -3.38. The molecule has 1 unspecified atom stereocenters. The van der Waals surface area contributed by atoms with E-state index in [2.05, 4.69) is 9.97 Å². The van der Waals surface area contributed by atoms with Crippen LogP contribution in [0.2, 0.25) is 0 Å². The fourth-order valence-electron chi connectivity index (χ4n) is 1.66. The van der Waals surface area contributed by atoms with Crippen LogP contribution < -0.4 is 0 Å². The van der Waals surface area contributed by atoms with Crippen molar-refractivity contribution in [2.75, 3.05) is 19.0 Å². The molecular formula is C8H12ClN3O2S. The van der Waals surface area contributed by atoms with E-state index in [1.807, 2.05) is 0 Å². The summed E-state index contributed by atoms with van der Waals surface area (Å²) in [7, 11) is -3.38. The van der Waals surface area contributed by atoms with Crippen LogP contribution in [0.15, 0.2) is 17.6 Å². The quantitative estimate of drug-likeness (QED) is 0.801. The van der Waals surface area contributed by atoms with Crippen LogP contribution in [0.1, 0.15) is 6.42 Å². The van der Waals surface area contributed by atoms with Gasteiger partial charge in [-0.15, -0.1) is 11.6 Å². The Morgan fingerprint density at radius 2 is 2.47 bits per heavy atom. The Bertz CT molecular complexity index is 417. The highest BCUT2D eigenvalue weighted by Crippen LogP contribution is 2.23. The number of H-pyrrole nitrogens is 1. The number of alkyl halides is 1. The molecule has 0 aliphatic carbocycles. The van der Waals surface area contributed by atoms with E-state index in [0.717, 1.165) is 6.42 Å². The standard InChI is InChI=1S/C8H12ClN3O2S/c9-3-7-1-2-12(5-7)15(13,14)8-4-10-6-11-8/h4,6-7H,1-3,5H2,(H,10,11). The first kappa shape index (κ1) is 10.9. The Kier molecular flexibility index (Phi) is 2.99. The number of imidazole rings is 1. The lowest BCUT2D eigenvalue weighted by Crippen LogP contribution is -2.29. The molecule has 0 bridgehead atoms. The third-order valence-electron chi connectivity index (χ3n) is 2.56. The number of sulfonamides is 1. The van der Waals surface area contributed by atoms with Gasteiger partial charge in [0, 0.05) is 19.0 Å². The van der Waals surface area contributed by atoms with Crippen LogP contribution in [0.4, 0.5) is 0 Å². The largest absolute Gasteiger partial charge is 0.335 e. The molecule has 1 atom stereocenters. The van der Waals surface area contributed by atoms with Crippen LogP contribution in [0, 0.1) is 5.92 Å². The second-order valence-corrected chi connectivity index (χ2v) is 5.80. The third-order valence-corrected chi connectivity index (χ3v) is 4.78. The summed E-state index contributed by atoms with van der Waals surface area (Å²) in [6.07, 6.45) is 3.52. The molecule has 15 heavy (non-hydrogen) atoms. The summed E-state index contributed by atoms with van der Waals surface area (Å²) in [5.74, 6) is 0.777. The summed E-state index contributed by atoms with van der Waals surface area (Å²) < 4.78 is 25.4. The molecule has 0 saturated carbocycles. The second kappa shape index (κ2) is 4.11. The molecule has 0 radical (unpaired) electrons. The molecule has 7 heteroatoms. The van der Waals surface area contributed by atoms with E-state index in [1.165, 1.54) is 16.8 Å². The van der Waals surface area contributed by atoms with Crippen molar-refractivity contribution in [2.45, 2.75) is 11.4 Å². The van der Waals surface area contributed by atoms with E-state index in [9.17, 15) is 8.42 Å². The highest BCUT2D eigenvalue weighted by atomic mass is 35.5. The Labute approximate surface area is 93.5 Å². The molecule has 0 amide bonds. The minimum absolute atomic E-state index is 0.151. The Morgan fingerprint density at radius 3 is 3.00 bits per heavy atom. The van der Waals surface area contributed by atoms with Crippen molar-refractivity contribution in [1.29, 1.82) is 0 Å². The maximum atomic E-state index is 12.0. The van der Waals surface area contributed by atoms with Crippen LogP contribution in [0.5, 0.6) is 0 Å². The second-order valence-electron chi connectivity index (χ2n) is 3.59. The SMILES string of the molecule is O=S(=O)(c1cnc[nH]1)N1CCC(CCl)C1. The summed E-state index contributed by atoms with van der Waals surface area (Å²) in [6.45, 7) is 1.05. The van der Waals surface area contributed by atoms with Crippen molar-refractivity contribution in [3.63, 3.8) is 0 Å². The van der Waals surface area contributed by atoms with Gasteiger partial charge in [-0.3, -0.25) is 0 Å². The van der Waals surface area contributed by atoms with E-state index < -0.39 is 10.0 Å². The van der Waals surface area contributed by atoms with Gasteiger partial charge in [0.15, 0.2) is 5.03 Å². The molecule has 1 aromatic heterocycles. The lowest BCUT2D eigenvalue weighted by Gasteiger charge is -2.14. The molecule has 1 fully saturated rings. The van der Waals surface area contributed by atoms with Gasteiger partial charge in [0.1, 0.15) is 0 Å². The highest BCUT2D eigenvalue weighted by molar-refractivity contribution is 7.89. The molecule has 2 heterocycles. The van der Waals surface area contributed by atoms with Crippen molar-refractivity contribution in [2.24, 2.45) is 5.92 Å². The van der Waals surface area contributed by atoms with Gasteiger partial charge in [-0.25, -0.2) is 13.4 Å². The lowest BCUT2D eigenvalue weighted by atomic mass is 10.2. The first-order valence-corrected chi connectivity index (χ1v) is 6.66. The fourth-order valence-corrected chi connectivity index (χ4v) is 3.34. The Hall–Kier alpha value is -0.590. The smallest absolute Gasteiger partial charge is 0.260 e. The first-order chi connectivity index (χ1) is 7.14. The number of nitrogens with zero attached hydrogens (tertiary/aromatic N) is 2. The molecule has 1 aliphatic heterocycles. The van der Waals surface area contributed by atoms with Gasteiger partial charge in [0.2, 0.25) is 0 Å². The molecule has 0 spiro atoms. The number of nitrogens with one attached hydrogen (secondary N) is 1. The molecule has 2 rings (SSSR count). The average Bonchev–Trinajstić information content (AvgIpc) is 2.89. The number of aromatic amines is 1. The summed E-state index contributed by atoms with van der Waals surface area (Å²) in [5.41, 5.74) is 0. The number of rotatable bonds is 3. The van der Waals surface area contributed by atoms with Crippen LogP contribution >= 0.6 is 11.6 Å². The van der Waals surface area contributed by atoms with Crippen molar-refractivity contribution in [3.05, 3.63) is 12.5 Å². The molecular weight excluding hydrogens is 238 g/mol. The van der Waals surface area contributed by atoms with Crippen molar-refractivity contribution < 1.29 is 8.42 Å². The molecule has 5 nitrogen and oxygen atoms in total. The van der Waals surface area contributed by atoms with Crippen LogP contribution in [0.3, 0.4) is 0 Å². The normalized spacial score (nSPS) is 23.4. The summed E-state index contributed by atoms with van der Waals surface area (Å²) in [5, 5.41) is 0.151. The van der Waals surface area contributed by atoms with Crippen LogP contribution in [0.25, 0.3) is 0 Å². The van der Waals surface area contributed by atoms with Gasteiger partial charge < -0.3 is 4.98 Å². The zero-order valence-electron chi connectivity index (χ0n) is 8.06. The minimum Gasteiger partial charge on any atom is -0.335 e. The first-order valence-electron chi connectivity index (χ1n) is 4.69. The van der Waals surface area contributed by atoms with E-state index in [1.54, 1.807) is 0 Å². The van der Waals surface area contributed by atoms with E-state index >= 15 is 0 Å². The summed E-state index contributed by atoms with van der Waals surface area (Å²) in [4.78, 5) is 6.33. The molecule has 1 aromatic rings. The number of hydrogen-bond acceptors (Lipinski definition) is 3. The third kappa shape index (κ3) is 2.02. The number of aromatic nitrogens is 2. The molecule has 84 valence electrons. The lowest BCUT2D eigenvalue weighted by molar-refractivity contribution is 0.463. The van der Waals surface area contributed by atoms with Gasteiger partial charge in [-0.1, -0.05) is 0 Å². The van der Waals surface area contributed by atoms with Gasteiger partial charge >= 0.3 is 0 Å². The van der Waals surface area contributed by atoms with Crippen molar-refractivity contribution >= 4 is 21.6 Å². The van der Waals surface area contributed by atoms with Gasteiger partial charge in [0.25, 0.3) is 10.0 Å². The Balaban J connectivity index is 2.18. The van der Waals surface area contributed by atoms with Crippen molar-refractivity contribution in [3.8, 4) is 0 Å². The zero-order chi connectivity index (χ0) is 10.9. The molecule has 1 aliphatic rings. The van der Waals surface area contributed by atoms with Gasteiger partial charge in [-0.2, -0.15) is 4.31 Å².